The van der Waals surface area contributed by atoms with Crippen LogP contribution in [-0.4, -0.2) is 26.4 Å². The zero-order chi connectivity index (χ0) is 20.4. The molecule has 0 spiro atoms. The van der Waals surface area contributed by atoms with Gasteiger partial charge in [-0.05, 0) is 49.8 Å². The molecule has 3 aromatic rings. The first-order chi connectivity index (χ1) is 14.1. The van der Waals surface area contributed by atoms with Gasteiger partial charge in [0, 0.05) is 22.4 Å². The van der Waals surface area contributed by atoms with Crippen LogP contribution in [0.1, 0.15) is 30.7 Å². The minimum absolute atomic E-state index is 0.114. The Labute approximate surface area is 183 Å². The van der Waals surface area contributed by atoms with E-state index in [1.165, 1.54) is 34.2 Å². The van der Waals surface area contributed by atoms with Crippen LogP contribution in [0.5, 0.6) is 0 Å². The van der Waals surface area contributed by atoms with Gasteiger partial charge in [-0.2, -0.15) is 0 Å². The first-order valence-corrected chi connectivity index (χ1v) is 12.0. The molecular formula is C21H23ClN4OS2. The van der Waals surface area contributed by atoms with Gasteiger partial charge in [0.1, 0.15) is 0 Å². The summed E-state index contributed by atoms with van der Waals surface area (Å²) in [7, 11) is 0. The Kier molecular flexibility index (Phi) is 6.27. The minimum atomic E-state index is -0.114. The normalized spacial score (nSPS) is 15.9. The smallest absolute Gasteiger partial charge is 0.234 e. The highest BCUT2D eigenvalue weighted by Gasteiger charge is 2.24. The second kappa shape index (κ2) is 8.90. The summed E-state index contributed by atoms with van der Waals surface area (Å²) in [4.78, 5) is 13.8. The van der Waals surface area contributed by atoms with Crippen molar-refractivity contribution in [2.75, 3.05) is 11.1 Å². The van der Waals surface area contributed by atoms with Gasteiger partial charge < -0.3 is 9.88 Å². The Hall–Kier alpha value is -1.83. The van der Waals surface area contributed by atoms with E-state index in [-0.39, 0.29) is 11.7 Å². The van der Waals surface area contributed by atoms with Crippen LogP contribution in [0, 0.1) is 5.92 Å². The first-order valence-electron chi connectivity index (χ1n) is 9.76. The molecule has 4 rings (SSSR count). The van der Waals surface area contributed by atoms with Crippen LogP contribution in [-0.2, 0) is 24.2 Å². The van der Waals surface area contributed by atoms with E-state index >= 15 is 0 Å². The molecular weight excluding hydrogens is 424 g/mol. The van der Waals surface area contributed by atoms with Gasteiger partial charge in [-0.3, -0.25) is 4.79 Å². The van der Waals surface area contributed by atoms with Gasteiger partial charge in [-0.25, -0.2) is 0 Å². The van der Waals surface area contributed by atoms with E-state index in [4.69, 9.17) is 11.6 Å². The number of hydrogen-bond donors (Lipinski definition) is 1. The van der Waals surface area contributed by atoms with Crippen LogP contribution in [0.15, 0.2) is 34.8 Å². The lowest BCUT2D eigenvalue weighted by atomic mass is 9.88. The maximum atomic E-state index is 12.3. The molecule has 0 fully saturated rings. The average molecular weight is 447 g/mol. The van der Waals surface area contributed by atoms with E-state index < -0.39 is 0 Å². The molecule has 1 amide bonds. The summed E-state index contributed by atoms with van der Waals surface area (Å²) in [6, 6.07) is 7.23. The van der Waals surface area contributed by atoms with Crippen molar-refractivity contribution in [2.24, 2.45) is 5.92 Å². The van der Waals surface area contributed by atoms with Crippen LogP contribution in [0.2, 0.25) is 5.02 Å². The highest BCUT2D eigenvalue weighted by Crippen LogP contribution is 2.38. The number of carbonyl (C=O) groups is 1. The molecule has 0 saturated heterocycles. The largest absolute Gasteiger partial charge is 0.324 e. The number of amides is 1. The number of benzene rings is 1. The first kappa shape index (κ1) is 20.4. The van der Waals surface area contributed by atoms with Gasteiger partial charge in [0.25, 0.3) is 0 Å². The van der Waals surface area contributed by atoms with Crippen molar-refractivity contribution in [3.8, 4) is 11.4 Å². The highest BCUT2D eigenvalue weighted by atomic mass is 35.5. The predicted molar refractivity (Wildman–Crippen MR) is 121 cm³/mol. The summed E-state index contributed by atoms with van der Waals surface area (Å²) in [6.07, 6.45) is 3.49. The molecule has 1 N–H and O–H groups in total. The molecule has 2 aromatic heterocycles. The molecule has 2 heterocycles. The molecule has 1 aliphatic rings. The van der Waals surface area contributed by atoms with Crippen molar-refractivity contribution < 1.29 is 4.79 Å². The van der Waals surface area contributed by atoms with Crippen molar-refractivity contribution in [1.29, 1.82) is 0 Å². The Morgan fingerprint density at radius 2 is 2.21 bits per heavy atom. The number of nitrogens with one attached hydrogen (secondary N) is 1. The highest BCUT2D eigenvalue weighted by molar-refractivity contribution is 7.99. The van der Waals surface area contributed by atoms with Crippen molar-refractivity contribution in [3.05, 3.63) is 45.1 Å². The topological polar surface area (TPSA) is 59.8 Å². The summed E-state index contributed by atoms with van der Waals surface area (Å²) in [5.74, 6) is 1.80. The SMILES string of the molecule is CCn1c(SCC(=O)Nc2ccccc2Cl)nnc1-c1csc2c1CCC(C)C2. The number of rotatable bonds is 6. The molecule has 29 heavy (non-hydrogen) atoms. The van der Waals surface area contributed by atoms with Gasteiger partial charge in [0.05, 0.1) is 16.5 Å². The summed E-state index contributed by atoms with van der Waals surface area (Å²) >= 11 is 9.35. The van der Waals surface area contributed by atoms with Crippen LogP contribution in [0.25, 0.3) is 11.4 Å². The van der Waals surface area contributed by atoms with Gasteiger partial charge in [-0.15, -0.1) is 21.5 Å². The number of thioether (sulfide) groups is 1. The number of carbonyl (C=O) groups excluding carboxylic acids is 1. The fourth-order valence-electron chi connectivity index (χ4n) is 3.62. The standard InChI is InChI=1S/C21H23ClN4OS2/c1-3-26-20(15-11-28-18-10-13(2)8-9-14(15)18)24-25-21(26)29-12-19(27)23-17-7-5-4-6-16(17)22/h4-7,11,13H,3,8-10,12H2,1-2H3,(H,23,27). The van der Waals surface area contributed by atoms with Gasteiger partial charge in [0.2, 0.25) is 5.91 Å². The zero-order valence-electron chi connectivity index (χ0n) is 16.4. The number of nitrogens with zero attached hydrogens (tertiary/aromatic N) is 3. The molecule has 0 bridgehead atoms. The fourth-order valence-corrected chi connectivity index (χ4v) is 5.85. The molecule has 0 saturated carbocycles. The van der Waals surface area contributed by atoms with Crippen LogP contribution < -0.4 is 5.32 Å². The minimum Gasteiger partial charge on any atom is -0.324 e. The van der Waals surface area contributed by atoms with Gasteiger partial charge in [0.15, 0.2) is 11.0 Å². The number of fused-ring (bicyclic) bond motifs is 1. The second-order valence-corrected chi connectivity index (χ2v) is 9.58. The lowest BCUT2D eigenvalue weighted by Crippen LogP contribution is -2.15. The maximum absolute atomic E-state index is 12.3. The van der Waals surface area contributed by atoms with E-state index in [1.807, 2.05) is 23.5 Å². The number of thiophene rings is 1. The van der Waals surface area contributed by atoms with Gasteiger partial charge in [-0.1, -0.05) is 42.4 Å². The van der Waals surface area contributed by atoms with Gasteiger partial charge >= 0.3 is 0 Å². The third-order valence-corrected chi connectivity index (χ3v) is 7.50. The van der Waals surface area contributed by atoms with Crippen LogP contribution in [0.3, 0.4) is 0 Å². The third kappa shape index (κ3) is 4.37. The van der Waals surface area contributed by atoms with E-state index in [0.29, 0.717) is 10.7 Å². The monoisotopic (exact) mass is 446 g/mol. The van der Waals surface area contributed by atoms with Crippen LogP contribution in [0.4, 0.5) is 5.69 Å². The Balaban J connectivity index is 1.48. The van der Waals surface area contributed by atoms with E-state index in [1.54, 1.807) is 12.1 Å². The van der Waals surface area contributed by atoms with E-state index in [2.05, 4.69) is 39.3 Å². The molecule has 1 aliphatic carbocycles. The summed E-state index contributed by atoms with van der Waals surface area (Å²) in [6.45, 7) is 5.17. The molecule has 8 heteroatoms. The van der Waals surface area contributed by atoms with E-state index in [0.717, 1.165) is 36.3 Å². The lowest BCUT2D eigenvalue weighted by Gasteiger charge is -2.19. The predicted octanol–water partition coefficient (Wildman–Crippen LogP) is 5.54. The molecule has 152 valence electrons. The molecule has 1 atom stereocenters. The number of para-hydroxylation sites is 1. The lowest BCUT2D eigenvalue weighted by molar-refractivity contribution is -0.113. The number of hydrogen-bond acceptors (Lipinski definition) is 5. The fraction of sp³-hybridized carbons (Fsp3) is 0.381. The third-order valence-electron chi connectivity index (χ3n) is 5.16. The molecule has 5 nitrogen and oxygen atoms in total. The molecule has 1 unspecified atom stereocenters. The summed E-state index contributed by atoms with van der Waals surface area (Å²) < 4.78 is 2.10. The Morgan fingerprint density at radius 3 is 3.00 bits per heavy atom. The zero-order valence-corrected chi connectivity index (χ0v) is 18.8. The molecule has 0 aliphatic heterocycles. The quantitative estimate of drug-likeness (QED) is 0.505. The number of anilines is 1. The van der Waals surface area contributed by atoms with Crippen molar-refractivity contribution >= 4 is 46.3 Å². The van der Waals surface area contributed by atoms with Crippen molar-refractivity contribution in [1.82, 2.24) is 14.8 Å². The second-order valence-electron chi connectivity index (χ2n) is 7.27. The maximum Gasteiger partial charge on any atom is 0.234 e. The summed E-state index contributed by atoms with van der Waals surface area (Å²) in [5.41, 5.74) is 3.26. The van der Waals surface area contributed by atoms with E-state index in [9.17, 15) is 4.79 Å². The average Bonchev–Trinajstić information content (AvgIpc) is 3.30. The molecule has 1 aromatic carbocycles. The van der Waals surface area contributed by atoms with Crippen LogP contribution >= 0.6 is 34.7 Å². The molecule has 0 radical (unpaired) electrons. The Bertz CT molecular complexity index is 1030. The van der Waals surface area contributed by atoms with Crippen molar-refractivity contribution in [2.45, 2.75) is 44.8 Å². The summed E-state index contributed by atoms with van der Waals surface area (Å²) in [5, 5.41) is 15.2. The van der Waals surface area contributed by atoms with Crippen molar-refractivity contribution in [3.63, 3.8) is 0 Å². The number of halogens is 1. The number of aromatic nitrogens is 3. The Morgan fingerprint density at radius 1 is 1.38 bits per heavy atom.